The van der Waals surface area contributed by atoms with Crippen LogP contribution in [0.25, 0.3) is 21.9 Å². The second-order valence-corrected chi connectivity index (χ2v) is 4.89. The van der Waals surface area contributed by atoms with Gasteiger partial charge >= 0.3 is 5.97 Å². The van der Waals surface area contributed by atoms with E-state index in [0.29, 0.717) is 6.42 Å². The Morgan fingerprint density at radius 2 is 1.90 bits per heavy atom. The second-order valence-electron chi connectivity index (χ2n) is 4.89. The van der Waals surface area contributed by atoms with Crippen molar-refractivity contribution in [3.63, 3.8) is 0 Å². The number of para-hydroxylation sites is 1. The van der Waals surface area contributed by atoms with Gasteiger partial charge in [0, 0.05) is 23.2 Å². The number of carbonyl (C=O) groups is 1. The topological polar surface area (TPSA) is 76.5 Å². The fraction of sp³-hybridized carbons (Fsp3) is 0.188. The first-order valence-electron chi connectivity index (χ1n) is 6.54. The molecule has 20 heavy (non-hydrogen) atoms. The van der Waals surface area contributed by atoms with Gasteiger partial charge in [0.15, 0.2) is 0 Å². The standard InChI is InChI=1S/C16H15NO3/c17-13(6-8-16(18)19)10-5-7-15-12(9-10)11-3-1-2-4-14(11)20-15/h1-5,7,9,13H,6,8,17H2,(H,18,19). The minimum Gasteiger partial charge on any atom is -0.481 e. The van der Waals surface area contributed by atoms with Crippen LogP contribution in [0.4, 0.5) is 0 Å². The van der Waals surface area contributed by atoms with Crippen LogP contribution in [0.5, 0.6) is 0 Å². The third kappa shape index (κ3) is 2.26. The number of carboxylic acids is 1. The molecule has 0 saturated carbocycles. The van der Waals surface area contributed by atoms with Crippen LogP contribution in [0.15, 0.2) is 46.9 Å². The molecule has 0 bridgehead atoms. The Bertz CT molecular complexity index is 776. The number of fused-ring (bicyclic) bond motifs is 3. The summed E-state index contributed by atoms with van der Waals surface area (Å²) in [5.41, 5.74) is 8.65. The first-order valence-corrected chi connectivity index (χ1v) is 6.54. The normalized spacial score (nSPS) is 12.8. The van der Waals surface area contributed by atoms with Crippen molar-refractivity contribution in [3.8, 4) is 0 Å². The fourth-order valence-electron chi connectivity index (χ4n) is 2.42. The van der Waals surface area contributed by atoms with Crippen molar-refractivity contribution in [2.75, 3.05) is 0 Å². The molecule has 1 heterocycles. The molecular formula is C16H15NO3. The highest BCUT2D eigenvalue weighted by Crippen LogP contribution is 2.30. The molecule has 0 aliphatic carbocycles. The SMILES string of the molecule is NC(CCC(=O)O)c1ccc2oc3ccccc3c2c1. The Kier molecular flexibility index (Phi) is 3.16. The molecule has 4 nitrogen and oxygen atoms in total. The van der Waals surface area contributed by atoms with E-state index in [1.807, 2.05) is 42.5 Å². The maximum Gasteiger partial charge on any atom is 0.303 e. The van der Waals surface area contributed by atoms with Gasteiger partial charge in [0.05, 0.1) is 0 Å². The highest BCUT2D eigenvalue weighted by molar-refractivity contribution is 6.05. The Labute approximate surface area is 115 Å². The molecular weight excluding hydrogens is 254 g/mol. The van der Waals surface area contributed by atoms with E-state index in [0.717, 1.165) is 27.5 Å². The van der Waals surface area contributed by atoms with E-state index in [1.54, 1.807) is 0 Å². The van der Waals surface area contributed by atoms with Crippen LogP contribution >= 0.6 is 0 Å². The van der Waals surface area contributed by atoms with Gasteiger partial charge in [-0.1, -0.05) is 24.3 Å². The highest BCUT2D eigenvalue weighted by atomic mass is 16.4. The summed E-state index contributed by atoms with van der Waals surface area (Å²) in [6, 6.07) is 13.4. The van der Waals surface area contributed by atoms with Gasteiger partial charge in [-0.15, -0.1) is 0 Å². The lowest BCUT2D eigenvalue weighted by Gasteiger charge is -2.10. The third-order valence-corrected chi connectivity index (χ3v) is 3.50. The minimum absolute atomic E-state index is 0.0747. The molecule has 1 unspecified atom stereocenters. The average molecular weight is 269 g/mol. The largest absolute Gasteiger partial charge is 0.481 e. The van der Waals surface area contributed by atoms with Crippen molar-refractivity contribution in [1.82, 2.24) is 0 Å². The van der Waals surface area contributed by atoms with Crippen LogP contribution in [0.1, 0.15) is 24.4 Å². The summed E-state index contributed by atoms with van der Waals surface area (Å²) in [6.07, 6.45) is 0.502. The molecule has 3 rings (SSSR count). The van der Waals surface area contributed by atoms with Crippen molar-refractivity contribution in [3.05, 3.63) is 48.0 Å². The van der Waals surface area contributed by atoms with Crippen LogP contribution in [-0.4, -0.2) is 11.1 Å². The molecule has 1 aromatic heterocycles. The number of aliphatic carboxylic acids is 1. The van der Waals surface area contributed by atoms with Gasteiger partial charge in [-0.05, 0) is 30.2 Å². The van der Waals surface area contributed by atoms with Crippen molar-refractivity contribution >= 4 is 27.9 Å². The van der Waals surface area contributed by atoms with Gasteiger partial charge in [0.1, 0.15) is 11.2 Å². The lowest BCUT2D eigenvalue weighted by Crippen LogP contribution is -2.12. The summed E-state index contributed by atoms with van der Waals surface area (Å²) in [7, 11) is 0. The number of furan rings is 1. The van der Waals surface area contributed by atoms with Crippen LogP contribution in [0.3, 0.4) is 0 Å². The Hall–Kier alpha value is -2.33. The fourth-order valence-corrected chi connectivity index (χ4v) is 2.42. The Morgan fingerprint density at radius 1 is 1.15 bits per heavy atom. The van der Waals surface area contributed by atoms with Crippen LogP contribution in [-0.2, 0) is 4.79 Å². The van der Waals surface area contributed by atoms with Crippen molar-refractivity contribution in [1.29, 1.82) is 0 Å². The number of hydrogen-bond donors (Lipinski definition) is 2. The van der Waals surface area contributed by atoms with Gasteiger partial charge in [-0.25, -0.2) is 0 Å². The molecule has 102 valence electrons. The van der Waals surface area contributed by atoms with E-state index in [1.165, 1.54) is 0 Å². The summed E-state index contributed by atoms with van der Waals surface area (Å²) < 4.78 is 5.75. The van der Waals surface area contributed by atoms with E-state index < -0.39 is 5.97 Å². The maximum atomic E-state index is 10.6. The predicted octanol–water partition coefficient (Wildman–Crippen LogP) is 3.45. The van der Waals surface area contributed by atoms with E-state index in [2.05, 4.69) is 0 Å². The number of benzene rings is 2. The van der Waals surface area contributed by atoms with Gasteiger partial charge in [0.25, 0.3) is 0 Å². The summed E-state index contributed by atoms with van der Waals surface area (Å²) in [4.78, 5) is 10.6. The van der Waals surface area contributed by atoms with Crippen molar-refractivity contribution in [2.45, 2.75) is 18.9 Å². The average Bonchev–Trinajstić information content (AvgIpc) is 2.82. The molecule has 1 atom stereocenters. The summed E-state index contributed by atoms with van der Waals surface area (Å²) in [5.74, 6) is -0.824. The zero-order valence-corrected chi connectivity index (χ0v) is 10.9. The number of nitrogens with two attached hydrogens (primary N) is 1. The molecule has 4 heteroatoms. The quantitative estimate of drug-likeness (QED) is 0.760. The number of hydrogen-bond acceptors (Lipinski definition) is 3. The van der Waals surface area contributed by atoms with E-state index >= 15 is 0 Å². The second kappa shape index (κ2) is 4.98. The highest BCUT2D eigenvalue weighted by Gasteiger charge is 2.12. The summed E-state index contributed by atoms with van der Waals surface area (Å²) in [6.45, 7) is 0. The molecule has 3 N–H and O–H groups in total. The molecule has 0 amide bonds. The van der Waals surface area contributed by atoms with Crippen molar-refractivity contribution < 1.29 is 14.3 Å². The molecule has 0 saturated heterocycles. The molecule has 0 radical (unpaired) electrons. The zero-order chi connectivity index (χ0) is 14.1. The van der Waals surface area contributed by atoms with Gasteiger partial charge in [-0.2, -0.15) is 0 Å². The molecule has 0 spiro atoms. The van der Waals surface area contributed by atoms with Gasteiger partial charge in [0.2, 0.25) is 0 Å². The molecule has 0 fully saturated rings. The molecule has 3 aromatic rings. The zero-order valence-electron chi connectivity index (χ0n) is 10.9. The summed E-state index contributed by atoms with van der Waals surface area (Å²) >= 11 is 0. The Balaban J connectivity index is 2.01. The van der Waals surface area contributed by atoms with Crippen molar-refractivity contribution in [2.24, 2.45) is 5.73 Å². The maximum absolute atomic E-state index is 10.6. The van der Waals surface area contributed by atoms with Crippen LogP contribution < -0.4 is 5.73 Å². The number of carboxylic acid groups (broad SMARTS) is 1. The molecule has 2 aromatic carbocycles. The van der Waals surface area contributed by atoms with E-state index in [4.69, 9.17) is 15.3 Å². The first-order chi connectivity index (χ1) is 9.65. The smallest absolute Gasteiger partial charge is 0.303 e. The minimum atomic E-state index is -0.824. The van der Waals surface area contributed by atoms with E-state index in [-0.39, 0.29) is 12.5 Å². The van der Waals surface area contributed by atoms with Gasteiger partial charge in [-0.3, -0.25) is 4.79 Å². The lowest BCUT2D eigenvalue weighted by atomic mass is 10.0. The number of rotatable bonds is 4. The van der Waals surface area contributed by atoms with E-state index in [9.17, 15) is 4.79 Å². The molecule has 0 aliphatic heterocycles. The first kappa shape index (κ1) is 12.7. The van der Waals surface area contributed by atoms with Crippen LogP contribution in [0.2, 0.25) is 0 Å². The van der Waals surface area contributed by atoms with Gasteiger partial charge < -0.3 is 15.3 Å². The monoisotopic (exact) mass is 269 g/mol. The van der Waals surface area contributed by atoms with Crippen LogP contribution in [0, 0.1) is 0 Å². The summed E-state index contributed by atoms with van der Waals surface area (Å²) in [5, 5.41) is 10.8. The predicted molar refractivity (Wildman–Crippen MR) is 77.5 cm³/mol. The lowest BCUT2D eigenvalue weighted by molar-refractivity contribution is -0.137. The Morgan fingerprint density at radius 3 is 2.70 bits per heavy atom. The third-order valence-electron chi connectivity index (χ3n) is 3.50. The molecule has 0 aliphatic rings.